The number of carbonyl (C=O) groups is 1. The highest BCUT2D eigenvalue weighted by Crippen LogP contribution is 2.15. The van der Waals surface area contributed by atoms with Gasteiger partial charge in [0.05, 0.1) is 12.7 Å². The maximum Gasteiger partial charge on any atom is 0.337 e. The summed E-state index contributed by atoms with van der Waals surface area (Å²) in [6.45, 7) is 4.06. The van der Waals surface area contributed by atoms with E-state index in [-0.39, 0.29) is 5.97 Å². The molecule has 0 fully saturated rings. The maximum absolute atomic E-state index is 11.5. The number of hydrogen-bond acceptors (Lipinski definition) is 2. The Morgan fingerprint density at radius 3 is 2.64 bits per heavy atom. The van der Waals surface area contributed by atoms with E-state index < -0.39 is 0 Å². The number of rotatable bonds is 2. The molecule has 0 aliphatic carbocycles. The van der Waals surface area contributed by atoms with Crippen molar-refractivity contribution in [2.75, 3.05) is 7.11 Å². The third-order valence-electron chi connectivity index (χ3n) is 3.28. The van der Waals surface area contributed by atoms with E-state index in [1.54, 1.807) is 18.2 Å². The summed E-state index contributed by atoms with van der Waals surface area (Å²) in [4.78, 5) is 11.5. The fraction of sp³-hybridized carbons (Fsp3) is 0.150. The number of carbonyl (C=O) groups excluding carboxylic acids is 1. The van der Waals surface area contributed by atoms with Crippen molar-refractivity contribution in [2.24, 2.45) is 0 Å². The predicted octanol–water partition coefficient (Wildman–Crippen LogP) is 4.21. The molecule has 0 heterocycles. The van der Waals surface area contributed by atoms with Crippen LogP contribution in [-0.2, 0) is 4.74 Å². The van der Waals surface area contributed by atoms with Crippen molar-refractivity contribution in [3.8, 4) is 11.8 Å². The summed E-state index contributed by atoms with van der Waals surface area (Å²) < 4.78 is 4.72. The van der Waals surface area contributed by atoms with Crippen LogP contribution in [0.5, 0.6) is 0 Å². The van der Waals surface area contributed by atoms with E-state index in [1.807, 2.05) is 31.2 Å². The first-order chi connectivity index (χ1) is 10.7. The number of hydrogen-bond donors (Lipinski definition) is 0. The molecule has 0 saturated heterocycles. The van der Waals surface area contributed by atoms with Crippen LogP contribution >= 0.6 is 0 Å². The maximum atomic E-state index is 11.5. The largest absolute Gasteiger partial charge is 0.465 e. The molecule has 2 rings (SSSR count). The van der Waals surface area contributed by atoms with Crippen molar-refractivity contribution in [2.45, 2.75) is 13.8 Å². The molecular formula is C20H18O2. The van der Waals surface area contributed by atoms with Gasteiger partial charge in [-0.15, -0.1) is 0 Å². The number of methoxy groups -OCH3 is 1. The van der Waals surface area contributed by atoms with Crippen molar-refractivity contribution in [3.63, 3.8) is 0 Å². The van der Waals surface area contributed by atoms with E-state index in [4.69, 9.17) is 4.74 Å². The molecule has 2 nitrogen and oxygen atoms in total. The SMILES string of the molecule is C/C=C\c1c(C)cccc1C#Cc1cccc(C(=O)OC)c1. The van der Waals surface area contributed by atoms with E-state index in [0.717, 1.165) is 16.7 Å². The van der Waals surface area contributed by atoms with Crippen LogP contribution in [-0.4, -0.2) is 13.1 Å². The Morgan fingerprint density at radius 1 is 1.14 bits per heavy atom. The third kappa shape index (κ3) is 3.65. The fourth-order valence-electron chi connectivity index (χ4n) is 2.16. The highest BCUT2D eigenvalue weighted by atomic mass is 16.5. The van der Waals surface area contributed by atoms with Gasteiger partial charge in [-0.2, -0.15) is 0 Å². The molecular weight excluding hydrogens is 272 g/mol. The topological polar surface area (TPSA) is 26.3 Å². The normalized spacial score (nSPS) is 10.1. The first-order valence-corrected chi connectivity index (χ1v) is 7.08. The van der Waals surface area contributed by atoms with Crippen LogP contribution in [0.2, 0.25) is 0 Å². The Balaban J connectivity index is 2.39. The van der Waals surface area contributed by atoms with Crippen LogP contribution in [0.3, 0.4) is 0 Å². The van der Waals surface area contributed by atoms with Crippen molar-refractivity contribution in [3.05, 3.63) is 76.4 Å². The third-order valence-corrected chi connectivity index (χ3v) is 3.28. The monoisotopic (exact) mass is 290 g/mol. The van der Waals surface area contributed by atoms with Gasteiger partial charge in [0.1, 0.15) is 0 Å². The zero-order valence-corrected chi connectivity index (χ0v) is 13.0. The molecule has 0 bridgehead atoms. The van der Waals surface area contributed by atoms with Gasteiger partial charge in [0.2, 0.25) is 0 Å². The number of allylic oxidation sites excluding steroid dienone is 1. The van der Waals surface area contributed by atoms with Gasteiger partial charge in [0, 0.05) is 11.1 Å². The molecule has 110 valence electrons. The minimum Gasteiger partial charge on any atom is -0.465 e. The first-order valence-electron chi connectivity index (χ1n) is 7.08. The minimum absolute atomic E-state index is 0.353. The molecule has 0 amide bonds. The highest BCUT2D eigenvalue weighted by molar-refractivity contribution is 5.89. The first kappa shape index (κ1) is 15.6. The molecule has 22 heavy (non-hydrogen) atoms. The Labute approximate surface area is 131 Å². The summed E-state index contributed by atoms with van der Waals surface area (Å²) in [7, 11) is 1.37. The molecule has 0 radical (unpaired) electrons. The Kier molecular flexibility index (Phi) is 5.16. The van der Waals surface area contributed by atoms with E-state index in [2.05, 4.69) is 30.9 Å². The summed E-state index contributed by atoms with van der Waals surface area (Å²) in [6, 6.07) is 13.2. The second-order valence-electron chi connectivity index (χ2n) is 4.86. The molecule has 0 aliphatic heterocycles. The standard InChI is InChI=1S/C20H18O2/c1-4-7-19-15(2)8-5-10-17(19)13-12-16-9-6-11-18(14-16)20(21)22-3/h4-11,14H,1-3H3/b7-4-. The van der Waals surface area contributed by atoms with Crippen LogP contribution in [0, 0.1) is 18.8 Å². The number of ether oxygens (including phenoxy) is 1. The molecule has 2 aromatic carbocycles. The molecule has 0 saturated carbocycles. The van der Waals surface area contributed by atoms with Gasteiger partial charge in [-0.3, -0.25) is 0 Å². The lowest BCUT2D eigenvalue weighted by atomic mass is 10.0. The molecule has 0 spiro atoms. The lowest BCUT2D eigenvalue weighted by Gasteiger charge is -2.03. The summed E-state index contributed by atoms with van der Waals surface area (Å²) in [5.41, 5.74) is 4.58. The van der Waals surface area contributed by atoms with Crippen LogP contribution in [0.25, 0.3) is 6.08 Å². The second kappa shape index (κ2) is 7.28. The summed E-state index contributed by atoms with van der Waals surface area (Å²) >= 11 is 0. The van der Waals surface area contributed by atoms with Gasteiger partial charge >= 0.3 is 5.97 Å². The zero-order chi connectivity index (χ0) is 15.9. The van der Waals surface area contributed by atoms with Gasteiger partial charge in [0.25, 0.3) is 0 Å². The van der Waals surface area contributed by atoms with Crippen LogP contribution in [0.4, 0.5) is 0 Å². The fourth-order valence-corrected chi connectivity index (χ4v) is 2.16. The van der Waals surface area contributed by atoms with Crippen molar-refractivity contribution < 1.29 is 9.53 Å². The van der Waals surface area contributed by atoms with Crippen molar-refractivity contribution >= 4 is 12.0 Å². The summed E-state index contributed by atoms with van der Waals surface area (Å²) in [5.74, 6) is 5.95. The van der Waals surface area contributed by atoms with E-state index >= 15 is 0 Å². The van der Waals surface area contributed by atoms with Crippen LogP contribution < -0.4 is 0 Å². The van der Waals surface area contributed by atoms with Crippen molar-refractivity contribution in [1.82, 2.24) is 0 Å². The zero-order valence-electron chi connectivity index (χ0n) is 13.0. The summed E-state index contributed by atoms with van der Waals surface area (Å²) in [5, 5.41) is 0. The van der Waals surface area contributed by atoms with Crippen LogP contribution in [0.15, 0.2) is 48.5 Å². The molecule has 0 N–H and O–H groups in total. The molecule has 0 aliphatic rings. The molecule has 0 atom stereocenters. The van der Waals surface area contributed by atoms with Gasteiger partial charge in [-0.25, -0.2) is 4.79 Å². The van der Waals surface area contributed by atoms with E-state index in [0.29, 0.717) is 5.56 Å². The summed E-state index contributed by atoms with van der Waals surface area (Å²) in [6.07, 6.45) is 4.07. The Bertz CT molecular complexity index is 774. The lowest BCUT2D eigenvalue weighted by Crippen LogP contribution is -2.00. The molecule has 2 heteroatoms. The second-order valence-corrected chi connectivity index (χ2v) is 4.86. The Morgan fingerprint density at radius 2 is 1.91 bits per heavy atom. The van der Waals surface area contributed by atoms with E-state index in [9.17, 15) is 4.79 Å². The van der Waals surface area contributed by atoms with Crippen LogP contribution in [0.1, 0.15) is 39.5 Å². The number of esters is 1. The van der Waals surface area contributed by atoms with E-state index in [1.165, 1.54) is 12.7 Å². The van der Waals surface area contributed by atoms with Gasteiger partial charge in [-0.05, 0) is 49.2 Å². The minimum atomic E-state index is -0.353. The predicted molar refractivity (Wildman–Crippen MR) is 89.6 cm³/mol. The Hall–Kier alpha value is -2.79. The van der Waals surface area contributed by atoms with Gasteiger partial charge in [-0.1, -0.05) is 42.2 Å². The van der Waals surface area contributed by atoms with Gasteiger partial charge < -0.3 is 4.74 Å². The molecule has 0 unspecified atom stereocenters. The smallest absolute Gasteiger partial charge is 0.337 e. The lowest BCUT2D eigenvalue weighted by molar-refractivity contribution is 0.0600. The van der Waals surface area contributed by atoms with Crippen molar-refractivity contribution in [1.29, 1.82) is 0 Å². The molecule has 0 aromatic heterocycles. The number of aryl methyl sites for hydroxylation is 1. The average Bonchev–Trinajstić information content (AvgIpc) is 2.55. The quantitative estimate of drug-likeness (QED) is 0.611. The number of benzene rings is 2. The highest BCUT2D eigenvalue weighted by Gasteiger charge is 2.04. The molecule has 2 aromatic rings. The average molecular weight is 290 g/mol. The van der Waals surface area contributed by atoms with Gasteiger partial charge in [0.15, 0.2) is 0 Å².